The number of esters is 1. The Morgan fingerprint density at radius 3 is 2.33 bits per heavy atom. The minimum absolute atomic E-state index is 0.125. The lowest BCUT2D eigenvalue weighted by Crippen LogP contribution is -2.00. The van der Waals surface area contributed by atoms with Crippen LogP contribution < -0.4 is 0 Å². The number of hydrogen-bond acceptors (Lipinski definition) is 4. The summed E-state index contributed by atoms with van der Waals surface area (Å²) in [5, 5.41) is 0. The van der Waals surface area contributed by atoms with Crippen molar-refractivity contribution < 1.29 is 19.1 Å². The molecule has 0 bridgehead atoms. The smallest absolute Gasteiger partial charge is 0.305 e. The largest absolute Gasteiger partial charge is 0.469 e. The number of carbonyl (C=O) groups excluding carboxylic acids is 3. The number of ketones is 1. The second-order valence-electron chi connectivity index (χ2n) is 3.38. The molecule has 0 N–H and O–H groups in total. The van der Waals surface area contributed by atoms with E-state index >= 15 is 0 Å². The van der Waals surface area contributed by atoms with Gasteiger partial charge < -0.3 is 9.53 Å². The van der Waals surface area contributed by atoms with E-state index < -0.39 is 0 Å². The van der Waals surface area contributed by atoms with Gasteiger partial charge in [0.1, 0.15) is 12.1 Å². The SMILES string of the molecule is COC(=O)CCCCCC(=O)CCC=O. The maximum Gasteiger partial charge on any atom is 0.305 e. The summed E-state index contributed by atoms with van der Waals surface area (Å²) in [6.07, 6.45) is 4.74. The predicted molar refractivity (Wildman–Crippen MR) is 55.4 cm³/mol. The van der Waals surface area contributed by atoms with Crippen LogP contribution in [0.25, 0.3) is 0 Å². The Kier molecular flexibility index (Phi) is 8.63. The first-order chi connectivity index (χ1) is 7.20. The van der Waals surface area contributed by atoms with Gasteiger partial charge in [0.25, 0.3) is 0 Å². The third-order valence-corrected chi connectivity index (χ3v) is 2.11. The van der Waals surface area contributed by atoms with Crippen molar-refractivity contribution >= 4 is 18.0 Å². The number of unbranched alkanes of at least 4 members (excludes halogenated alkanes) is 2. The van der Waals surface area contributed by atoms with Crippen LogP contribution in [0.2, 0.25) is 0 Å². The van der Waals surface area contributed by atoms with Crippen LogP contribution in [-0.2, 0) is 19.1 Å². The molecule has 0 aromatic carbocycles. The zero-order valence-corrected chi connectivity index (χ0v) is 9.16. The summed E-state index contributed by atoms with van der Waals surface area (Å²) >= 11 is 0. The zero-order valence-electron chi connectivity index (χ0n) is 9.16. The molecule has 0 saturated heterocycles. The lowest BCUT2D eigenvalue weighted by molar-refractivity contribution is -0.140. The zero-order chi connectivity index (χ0) is 11.5. The highest BCUT2D eigenvalue weighted by atomic mass is 16.5. The average molecular weight is 214 g/mol. The van der Waals surface area contributed by atoms with E-state index in [-0.39, 0.29) is 11.8 Å². The molecule has 0 aliphatic carbocycles. The summed E-state index contributed by atoms with van der Waals surface area (Å²) in [5.74, 6) is -0.0811. The topological polar surface area (TPSA) is 60.4 Å². The fourth-order valence-corrected chi connectivity index (χ4v) is 1.22. The number of Topliss-reactive ketones (excluding diaryl/α,β-unsaturated/α-hetero) is 1. The Bertz CT molecular complexity index is 211. The summed E-state index contributed by atoms with van der Waals surface area (Å²) in [4.78, 5) is 31.8. The minimum Gasteiger partial charge on any atom is -0.469 e. The molecule has 0 aromatic rings. The van der Waals surface area contributed by atoms with Crippen molar-refractivity contribution in [2.75, 3.05) is 7.11 Å². The van der Waals surface area contributed by atoms with Crippen molar-refractivity contribution in [1.82, 2.24) is 0 Å². The van der Waals surface area contributed by atoms with Gasteiger partial charge in [-0.15, -0.1) is 0 Å². The fourth-order valence-electron chi connectivity index (χ4n) is 1.22. The molecule has 0 atom stereocenters. The van der Waals surface area contributed by atoms with Gasteiger partial charge in [0.05, 0.1) is 7.11 Å². The summed E-state index contributed by atoms with van der Waals surface area (Å²) < 4.78 is 4.49. The second-order valence-corrected chi connectivity index (χ2v) is 3.38. The van der Waals surface area contributed by atoms with Gasteiger partial charge in [-0.1, -0.05) is 6.42 Å². The number of aldehydes is 1. The van der Waals surface area contributed by atoms with Gasteiger partial charge in [0.15, 0.2) is 0 Å². The van der Waals surface area contributed by atoms with Gasteiger partial charge in [-0.05, 0) is 12.8 Å². The third kappa shape index (κ3) is 9.12. The Labute approximate surface area is 90.0 Å². The molecule has 4 heteroatoms. The Morgan fingerprint density at radius 1 is 1.07 bits per heavy atom. The molecule has 0 unspecified atom stereocenters. The van der Waals surface area contributed by atoms with Gasteiger partial charge in [0.2, 0.25) is 0 Å². The molecule has 0 aromatic heterocycles. The molecule has 15 heavy (non-hydrogen) atoms. The summed E-state index contributed by atoms with van der Waals surface area (Å²) in [5.41, 5.74) is 0. The van der Waals surface area contributed by atoms with E-state index in [1.54, 1.807) is 0 Å². The van der Waals surface area contributed by atoms with E-state index in [1.165, 1.54) is 7.11 Å². The maximum atomic E-state index is 11.1. The average Bonchev–Trinajstić information content (AvgIpc) is 2.25. The Morgan fingerprint density at radius 2 is 1.73 bits per heavy atom. The normalized spacial score (nSPS) is 9.67. The van der Waals surface area contributed by atoms with E-state index in [0.717, 1.165) is 25.5 Å². The first-order valence-corrected chi connectivity index (χ1v) is 5.23. The van der Waals surface area contributed by atoms with Crippen LogP contribution in [0, 0.1) is 0 Å². The maximum absolute atomic E-state index is 11.1. The summed E-state index contributed by atoms with van der Waals surface area (Å²) in [6, 6.07) is 0. The van der Waals surface area contributed by atoms with Crippen molar-refractivity contribution in [3.63, 3.8) is 0 Å². The standard InChI is InChI=1S/C11H18O4/c1-15-11(14)8-4-2-3-6-10(13)7-5-9-12/h9H,2-8H2,1H3. The third-order valence-electron chi connectivity index (χ3n) is 2.11. The molecular formula is C11H18O4. The molecular weight excluding hydrogens is 196 g/mol. The highest BCUT2D eigenvalue weighted by Gasteiger charge is 2.02. The van der Waals surface area contributed by atoms with E-state index in [1.807, 2.05) is 0 Å². The van der Waals surface area contributed by atoms with Gasteiger partial charge in [-0.2, -0.15) is 0 Å². The number of methoxy groups -OCH3 is 1. The van der Waals surface area contributed by atoms with E-state index in [9.17, 15) is 14.4 Å². The molecule has 0 heterocycles. The van der Waals surface area contributed by atoms with E-state index in [4.69, 9.17) is 0 Å². The Balaban J connectivity index is 3.26. The highest BCUT2D eigenvalue weighted by Crippen LogP contribution is 2.06. The first kappa shape index (κ1) is 13.8. The monoisotopic (exact) mass is 214 g/mol. The van der Waals surface area contributed by atoms with Gasteiger partial charge in [-0.3, -0.25) is 9.59 Å². The predicted octanol–water partition coefficient (Wildman–Crippen LogP) is 1.66. The quantitative estimate of drug-likeness (QED) is 0.332. The van der Waals surface area contributed by atoms with Crippen LogP contribution in [0.15, 0.2) is 0 Å². The minimum atomic E-state index is -0.206. The van der Waals surface area contributed by atoms with Crippen molar-refractivity contribution in [3.8, 4) is 0 Å². The molecule has 0 spiro atoms. The molecule has 0 aliphatic rings. The van der Waals surface area contributed by atoms with Gasteiger partial charge in [-0.25, -0.2) is 0 Å². The van der Waals surface area contributed by atoms with E-state index in [2.05, 4.69) is 4.74 Å². The highest BCUT2D eigenvalue weighted by molar-refractivity contribution is 5.80. The lowest BCUT2D eigenvalue weighted by Gasteiger charge is -1.99. The van der Waals surface area contributed by atoms with Crippen LogP contribution in [0.1, 0.15) is 44.9 Å². The van der Waals surface area contributed by atoms with Gasteiger partial charge >= 0.3 is 5.97 Å². The van der Waals surface area contributed by atoms with Crippen molar-refractivity contribution in [2.45, 2.75) is 44.9 Å². The van der Waals surface area contributed by atoms with Crippen molar-refractivity contribution in [2.24, 2.45) is 0 Å². The van der Waals surface area contributed by atoms with Crippen LogP contribution in [0.3, 0.4) is 0 Å². The molecule has 0 amide bonds. The van der Waals surface area contributed by atoms with Crippen LogP contribution >= 0.6 is 0 Å². The number of ether oxygens (including phenoxy) is 1. The van der Waals surface area contributed by atoms with Gasteiger partial charge in [0, 0.05) is 25.7 Å². The van der Waals surface area contributed by atoms with Crippen molar-refractivity contribution in [1.29, 1.82) is 0 Å². The summed E-state index contributed by atoms with van der Waals surface area (Å²) in [7, 11) is 1.37. The molecule has 0 aliphatic heterocycles. The van der Waals surface area contributed by atoms with Crippen molar-refractivity contribution in [3.05, 3.63) is 0 Å². The molecule has 0 saturated carbocycles. The lowest BCUT2D eigenvalue weighted by atomic mass is 10.1. The van der Waals surface area contributed by atoms with Crippen LogP contribution in [-0.4, -0.2) is 25.1 Å². The molecule has 0 rings (SSSR count). The summed E-state index contributed by atoms with van der Waals surface area (Å²) in [6.45, 7) is 0. The molecule has 0 radical (unpaired) electrons. The van der Waals surface area contributed by atoms with E-state index in [0.29, 0.717) is 25.7 Å². The number of hydrogen-bond donors (Lipinski definition) is 0. The molecule has 0 fully saturated rings. The second kappa shape index (κ2) is 9.37. The van der Waals surface area contributed by atoms with Crippen LogP contribution in [0.4, 0.5) is 0 Å². The first-order valence-electron chi connectivity index (χ1n) is 5.23. The number of carbonyl (C=O) groups is 3. The van der Waals surface area contributed by atoms with Crippen LogP contribution in [0.5, 0.6) is 0 Å². The number of rotatable bonds is 9. The molecule has 86 valence electrons. The molecule has 4 nitrogen and oxygen atoms in total. The Hall–Kier alpha value is -1.19. The fraction of sp³-hybridized carbons (Fsp3) is 0.727.